The zero-order valence-electron chi connectivity index (χ0n) is 17.9. The van der Waals surface area contributed by atoms with Gasteiger partial charge in [0.2, 0.25) is 5.91 Å². The zero-order chi connectivity index (χ0) is 21.2. The molecule has 3 rings (SSSR count). The van der Waals surface area contributed by atoms with Gasteiger partial charge in [-0.05, 0) is 61.3 Å². The molecule has 0 saturated carbocycles. The summed E-state index contributed by atoms with van der Waals surface area (Å²) in [5, 5.41) is 8.90. The number of amides is 1. The number of benzene rings is 2. The SMILES string of the molecule is CN=C(NCC(=O)Nc1ccc(F)cc1)NCc1ccc(CN2CCCCC2)cc1.I. The van der Waals surface area contributed by atoms with Gasteiger partial charge in [-0.25, -0.2) is 4.39 Å². The van der Waals surface area contributed by atoms with E-state index in [0.29, 0.717) is 18.2 Å². The molecule has 31 heavy (non-hydrogen) atoms. The summed E-state index contributed by atoms with van der Waals surface area (Å²) >= 11 is 0. The van der Waals surface area contributed by atoms with E-state index in [1.54, 1.807) is 7.05 Å². The molecule has 0 unspecified atom stereocenters. The first kappa shape index (κ1) is 25.1. The van der Waals surface area contributed by atoms with Crippen molar-refractivity contribution in [3.8, 4) is 0 Å². The second-order valence-electron chi connectivity index (χ2n) is 7.49. The number of carbonyl (C=O) groups is 1. The average molecular weight is 539 g/mol. The van der Waals surface area contributed by atoms with Gasteiger partial charge < -0.3 is 16.0 Å². The van der Waals surface area contributed by atoms with Crippen LogP contribution in [0.15, 0.2) is 53.5 Å². The van der Waals surface area contributed by atoms with Crippen molar-refractivity contribution in [3.05, 3.63) is 65.5 Å². The van der Waals surface area contributed by atoms with E-state index in [2.05, 4.69) is 50.1 Å². The van der Waals surface area contributed by atoms with Crippen LogP contribution in [0.5, 0.6) is 0 Å². The molecule has 1 fully saturated rings. The molecule has 0 atom stereocenters. The number of anilines is 1. The molecule has 168 valence electrons. The van der Waals surface area contributed by atoms with E-state index in [4.69, 9.17) is 0 Å². The number of guanidine groups is 1. The van der Waals surface area contributed by atoms with Gasteiger partial charge in [-0.3, -0.25) is 14.7 Å². The van der Waals surface area contributed by atoms with E-state index < -0.39 is 0 Å². The van der Waals surface area contributed by atoms with Gasteiger partial charge in [-0.1, -0.05) is 30.7 Å². The van der Waals surface area contributed by atoms with Crippen molar-refractivity contribution in [1.29, 1.82) is 0 Å². The normalized spacial score (nSPS) is 14.5. The first-order valence-corrected chi connectivity index (χ1v) is 10.4. The van der Waals surface area contributed by atoms with E-state index >= 15 is 0 Å². The van der Waals surface area contributed by atoms with Crippen LogP contribution < -0.4 is 16.0 Å². The molecule has 0 spiro atoms. The van der Waals surface area contributed by atoms with E-state index in [9.17, 15) is 9.18 Å². The predicted molar refractivity (Wildman–Crippen MR) is 134 cm³/mol. The Kier molecular flexibility index (Phi) is 10.7. The maximum Gasteiger partial charge on any atom is 0.243 e. The van der Waals surface area contributed by atoms with Crippen LogP contribution in [0.1, 0.15) is 30.4 Å². The minimum Gasteiger partial charge on any atom is -0.352 e. The molecule has 0 bridgehead atoms. The quantitative estimate of drug-likeness (QED) is 0.285. The highest BCUT2D eigenvalue weighted by atomic mass is 127. The lowest BCUT2D eigenvalue weighted by Gasteiger charge is -2.26. The molecular weight excluding hydrogens is 508 g/mol. The van der Waals surface area contributed by atoms with Gasteiger partial charge in [0.1, 0.15) is 5.82 Å². The lowest BCUT2D eigenvalue weighted by atomic mass is 10.1. The van der Waals surface area contributed by atoms with E-state index in [-0.39, 0.29) is 42.2 Å². The fourth-order valence-corrected chi connectivity index (χ4v) is 3.45. The lowest BCUT2D eigenvalue weighted by Crippen LogP contribution is -2.41. The van der Waals surface area contributed by atoms with Crippen LogP contribution in [-0.4, -0.2) is 43.4 Å². The first-order valence-electron chi connectivity index (χ1n) is 10.4. The topological polar surface area (TPSA) is 68.8 Å². The van der Waals surface area contributed by atoms with Crippen LogP contribution in [0.25, 0.3) is 0 Å². The molecule has 0 aromatic heterocycles. The smallest absolute Gasteiger partial charge is 0.243 e. The summed E-state index contributed by atoms with van der Waals surface area (Å²) < 4.78 is 12.9. The maximum atomic E-state index is 12.9. The fourth-order valence-electron chi connectivity index (χ4n) is 3.45. The Bertz CT molecular complexity index is 836. The van der Waals surface area contributed by atoms with E-state index in [0.717, 1.165) is 12.1 Å². The highest BCUT2D eigenvalue weighted by Crippen LogP contribution is 2.13. The summed E-state index contributed by atoms with van der Waals surface area (Å²) in [4.78, 5) is 18.7. The lowest BCUT2D eigenvalue weighted by molar-refractivity contribution is -0.115. The summed E-state index contributed by atoms with van der Waals surface area (Å²) in [5.41, 5.74) is 3.03. The molecule has 1 aliphatic heterocycles. The number of nitrogens with one attached hydrogen (secondary N) is 3. The molecular formula is C23H31FIN5O. The Morgan fingerprint density at radius 1 is 0.968 bits per heavy atom. The van der Waals surface area contributed by atoms with Crippen LogP contribution in [-0.2, 0) is 17.9 Å². The van der Waals surface area contributed by atoms with Crippen LogP contribution in [0.4, 0.5) is 10.1 Å². The Morgan fingerprint density at radius 2 is 1.61 bits per heavy atom. The van der Waals surface area contributed by atoms with Gasteiger partial charge in [0.05, 0.1) is 6.54 Å². The molecule has 2 aromatic rings. The average Bonchev–Trinajstić information content (AvgIpc) is 2.77. The summed E-state index contributed by atoms with van der Waals surface area (Å²) in [7, 11) is 1.66. The first-order chi connectivity index (χ1) is 14.6. The van der Waals surface area contributed by atoms with Crippen molar-refractivity contribution in [2.24, 2.45) is 4.99 Å². The number of piperidine rings is 1. The molecule has 0 radical (unpaired) electrons. The summed E-state index contributed by atoms with van der Waals surface area (Å²) in [6.07, 6.45) is 3.95. The number of rotatable bonds is 7. The fraction of sp³-hybridized carbons (Fsp3) is 0.391. The van der Waals surface area contributed by atoms with Crippen molar-refractivity contribution < 1.29 is 9.18 Å². The van der Waals surface area contributed by atoms with Gasteiger partial charge in [-0.2, -0.15) is 0 Å². The molecule has 0 aliphatic carbocycles. The minimum absolute atomic E-state index is 0. The minimum atomic E-state index is -0.338. The largest absolute Gasteiger partial charge is 0.352 e. The second kappa shape index (κ2) is 13.3. The Hall–Kier alpha value is -2.20. The van der Waals surface area contributed by atoms with Gasteiger partial charge in [0.15, 0.2) is 5.96 Å². The van der Waals surface area contributed by atoms with Crippen LogP contribution >= 0.6 is 24.0 Å². The van der Waals surface area contributed by atoms with Crippen molar-refractivity contribution in [1.82, 2.24) is 15.5 Å². The van der Waals surface area contributed by atoms with Crippen molar-refractivity contribution in [2.45, 2.75) is 32.4 Å². The third kappa shape index (κ3) is 8.82. The number of halogens is 2. The summed E-state index contributed by atoms with van der Waals surface area (Å²) in [6, 6.07) is 14.3. The van der Waals surface area contributed by atoms with Gasteiger partial charge in [0.25, 0.3) is 0 Å². The standard InChI is InChI=1S/C23H30FN5O.HI/c1-25-23(27-16-22(30)28-21-11-9-20(24)10-12-21)26-15-18-5-7-19(8-6-18)17-29-13-3-2-4-14-29;/h5-12H,2-4,13-17H2,1H3,(H,28,30)(H2,25,26,27);1H. The third-order valence-electron chi connectivity index (χ3n) is 5.11. The Balaban J connectivity index is 0.00000341. The monoisotopic (exact) mass is 539 g/mol. The number of carbonyl (C=O) groups excluding carboxylic acids is 1. The molecule has 1 heterocycles. The molecule has 2 aromatic carbocycles. The molecule has 6 nitrogen and oxygen atoms in total. The molecule has 1 aliphatic rings. The number of aliphatic imine (C=N–C) groups is 1. The number of likely N-dealkylation sites (tertiary alicyclic amines) is 1. The Labute approximate surface area is 200 Å². The van der Waals surface area contributed by atoms with Crippen LogP contribution in [0.3, 0.4) is 0 Å². The summed E-state index contributed by atoms with van der Waals surface area (Å²) in [5.74, 6) is -0.0245. The molecule has 1 saturated heterocycles. The summed E-state index contributed by atoms with van der Waals surface area (Å²) in [6.45, 7) is 4.08. The molecule has 8 heteroatoms. The predicted octanol–water partition coefficient (Wildman–Crippen LogP) is 3.73. The van der Waals surface area contributed by atoms with Crippen LogP contribution in [0.2, 0.25) is 0 Å². The van der Waals surface area contributed by atoms with Crippen molar-refractivity contribution in [2.75, 3.05) is 32.0 Å². The molecule has 3 N–H and O–H groups in total. The maximum absolute atomic E-state index is 12.9. The van der Waals surface area contributed by atoms with Crippen molar-refractivity contribution in [3.63, 3.8) is 0 Å². The Morgan fingerprint density at radius 3 is 2.26 bits per heavy atom. The van der Waals surface area contributed by atoms with Crippen molar-refractivity contribution >= 4 is 41.5 Å². The van der Waals surface area contributed by atoms with Gasteiger partial charge in [0, 0.05) is 25.8 Å². The second-order valence-corrected chi connectivity index (χ2v) is 7.49. The molecule has 1 amide bonds. The van der Waals surface area contributed by atoms with E-state index in [1.165, 1.54) is 62.2 Å². The van der Waals surface area contributed by atoms with Gasteiger partial charge >= 0.3 is 0 Å². The zero-order valence-corrected chi connectivity index (χ0v) is 20.2. The number of hydrogen-bond acceptors (Lipinski definition) is 3. The van der Waals surface area contributed by atoms with Crippen LogP contribution in [0, 0.1) is 5.82 Å². The highest BCUT2D eigenvalue weighted by molar-refractivity contribution is 14.0. The van der Waals surface area contributed by atoms with Gasteiger partial charge in [-0.15, -0.1) is 24.0 Å². The number of hydrogen-bond donors (Lipinski definition) is 3. The van der Waals surface area contributed by atoms with E-state index in [1.807, 2.05) is 0 Å². The third-order valence-corrected chi connectivity index (χ3v) is 5.11. The highest BCUT2D eigenvalue weighted by Gasteiger charge is 2.10. The number of nitrogens with zero attached hydrogens (tertiary/aromatic N) is 2.